The van der Waals surface area contributed by atoms with Gasteiger partial charge in [0.2, 0.25) is 5.91 Å². The number of hydrogen-bond donors (Lipinski definition) is 3. The van der Waals surface area contributed by atoms with E-state index in [4.69, 9.17) is 23.2 Å². The van der Waals surface area contributed by atoms with Crippen molar-refractivity contribution in [3.05, 3.63) is 63.6 Å². The number of anilines is 1. The third-order valence-electron chi connectivity index (χ3n) is 5.13. The third-order valence-corrected chi connectivity index (χ3v) is 5.70. The molecule has 29 heavy (non-hydrogen) atoms. The number of benzene rings is 2. The summed E-state index contributed by atoms with van der Waals surface area (Å²) in [5.41, 5.74) is 1.84. The second-order valence-corrected chi connectivity index (χ2v) is 8.16. The van der Waals surface area contributed by atoms with Crippen molar-refractivity contribution in [2.24, 2.45) is 0 Å². The summed E-state index contributed by atoms with van der Waals surface area (Å²) in [5, 5.41) is 10.2. The fourth-order valence-electron chi connectivity index (χ4n) is 3.53. The molecule has 1 unspecified atom stereocenters. The Morgan fingerprint density at radius 1 is 1.10 bits per heavy atom. The number of hydrogen-bond acceptors (Lipinski definition) is 3. The van der Waals surface area contributed by atoms with Crippen molar-refractivity contribution >= 4 is 40.7 Å². The fraction of sp³-hybridized carbons (Fsp3) is 0.364. The van der Waals surface area contributed by atoms with Crippen molar-refractivity contribution in [1.82, 2.24) is 10.6 Å². The predicted molar refractivity (Wildman–Crippen MR) is 118 cm³/mol. The maximum atomic E-state index is 12.6. The molecule has 2 aromatic rings. The second-order valence-electron chi connectivity index (χ2n) is 7.32. The van der Waals surface area contributed by atoms with Gasteiger partial charge in [-0.1, -0.05) is 54.2 Å². The number of amides is 2. The number of carbonyl (C=O) groups excluding carboxylic acids is 2. The lowest BCUT2D eigenvalue weighted by atomic mass is 10.1. The van der Waals surface area contributed by atoms with Crippen molar-refractivity contribution in [2.75, 3.05) is 11.9 Å². The lowest BCUT2D eigenvalue weighted by Gasteiger charge is -2.17. The van der Waals surface area contributed by atoms with Gasteiger partial charge >= 0.3 is 0 Å². The van der Waals surface area contributed by atoms with Crippen LogP contribution in [0.25, 0.3) is 0 Å². The molecule has 0 aliphatic heterocycles. The molecule has 0 radical (unpaired) electrons. The summed E-state index contributed by atoms with van der Waals surface area (Å²) in [4.78, 5) is 25.1. The summed E-state index contributed by atoms with van der Waals surface area (Å²) in [6.07, 6.45) is 4.31. The molecule has 1 saturated carbocycles. The lowest BCUT2D eigenvalue weighted by molar-refractivity contribution is -0.115. The monoisotopic (exact) mass is 433 g/mol. The van der Waals surface area contributed by atoms with Crippen LogP contribution < -0.4 is 16.0 Å². The zero-order valence-electron chi connectivity index (χ0n) is 16.3. The Labute approximate surface area is 181 Å². The van der Waals surface area contributed by atoms with E-state index in [1.54, 1.807) is 36.4 Å². The summed E-state index contributed by atoms with van der Waals surface area (Å²) in [6.45, 7) is 2.00. The minimum Gasteiger partial charge on any atom is -0.349 e. The SMILES string of the molecule is CC(NCC(=O)Nc1ccccc1C(=O)NC1CCCC1)c1ccc(Cl)cc1Cl. The standard InChI is InChI=1S/C22H25Cl2N3O2/c1-14(17-11-10-15(23)12-19(17)24)25-13-21(28)27-20-9-5-4-8-18(20)22(29)26-16-6-2-3-7-16/h4-5,8-12,14,16,25H,2-3,6-7,13H2,1H3,(H,26,29)(H,27,28). The summed E-state index contributed by atoms with van der Waals surface area (Å²) < 4.78 is 0. The van der Waals surface area contributed by atoms with Crippen molar-refractivity contribution in [1.29, 1.82) is 0 Å². The maximum absolute atomic E-state index is 12.6. The molecule has 1 fully saturated rings. The zero-order chi connectivity index (χ0) is 20.8. The van der Waals surface area contributed by atoms with Crippen molar-refractivity contribution < 1.29 is 9.59 Å². The largest absolute Gasteiger partial charge is 0.349 e. The van der Waals surface area contributed by atoms with E-state index < -0.39 is 0 Å². The van der Waals surface area contributed by atoms with Crippen LogP contribution in [-0.2, 0) is 4.79 Å². The van der Waals surface area contributed by atoms with E-state index in [-0.39, 0.29) is 30.4 Å². The quantitative estimate of drug-likeness (QED) is 0.577. The highest BCUT2D eigenvalue weighted by atomic mass is 35.5. The topological polar surface area (TPSA) is 70.2 Å². The first-order chi connectivity index (χ1) is 13.9. The van der Waals surface area contributed by atoms with E-state index in [2.05, 4.69) is 16.0 Å². The minimum atomic E-state index is -0.233. The maximum Gasteiger partial charge on any atom is 0.253 e. The molecule has 0 bridgehead atoms. The number of rotatable bonds is 7. The number of carbonyl (C=O) groups is 2. The molecular formula is C22H25Cl2N3O2. The van der Waals surface area contributed by atoms with E-state index in [0.29, 0.717) is 21.3 Å². The number of halogens is 2. The van der Waals surface area contributed by atoms with E-state index in [9.17, 15) is 9.59 Å². The molecule has 0 heterocycles. The van der Waals surface area contributed by atoms with Crippen molar-refractivity contribution in [3.63, 3.8) is 0 Å². The van der Waals surface area contributed by atoms with Crippen molar-refractivity contribution in [2.45, 2.75) is 44.7 Å². The first kappa shape index (κ1) is 21.6. The molecule has 2 aromatic carbocycles. The van der Waals surface area contributed by atoms with Gasteiger partial charge in [0, 0.05) is 22.1 Å². The Kier molecular flexibility index (Phi) is 7.53. The van der Waals surface area contributed by atoms with Crippen LogP contribution in [0.15, 0.2) is 42.5 Å². The first-order valence-corrected chi connectivity index (χ1v) is 10.6. The molecule has 0 spiro atoms. The molecule has 7 heteroatoms. The van der Waals surface area contributed by atoms with Crippen LogP contribution in [0, 0.1) is 0 Å². The molecule has 1 aliphatic carbocycles. The van der Waals surface area contributed by atoms with Crippen LogP contribution in [-0.4, -0.2) is 24.4 Å². The van der Waals surface area contributed by atoms with Gasteiger partial charge in [-0.2, -0.15) is 0 Å². The number of para-hydroxylation sites is 1. The normalized spacial score (nSPS) is 15.1. The van der Waals surface area contributed by atoms with Gasteiger partial charge in [0.15, 0.2) is 0 Å². The lowest BCUT2D eigenvalue weighted by Crippen LogP contribution is -2.34. The van der Waals surface area contributed by atoms with Gasteiger partial charge in [-0.15, -0.1) is 0 Å². The highest BCUT2D eigenvalue weighted by molar-refractivity contribution is 6.35. The van der Waals surface area contributed by atoms with Crippen LogP contribution in [0.5, 0.6) is 0 Å². The molecule has 0 aromatic heterocycles. The van der Waals surface area contributed by atoms with Gasteiger partial charge in [-0.25, -0.2) is 0 Å². The molecule has 0 saturated heterocycles. The molecule has 1 aliphatic rings. The first-order valence-electron chi connectivity index (χ1n) is 9.82. The van der Waals surface area contributed by atoms with Crippen molar-refractivity contribution in [3.8, 4) is 0 Å². The molecule has 3 N–H and O–H groups in total. The molecule has 2 amide bonds. The van der Waals surface area contributed by atoms with Crippen LogP contribution >= 0.6 is 23.2 Å². The van der Waals surface area contributed by atoms with E-state index >= 15 is 0 Å². The highest BCUT2D eigenvalue weighted by Crippen LogP contribution is 2.26. The van der Waals surface area contributed by atoms with Crippen LogP contribution in [0.3, 0.4) is 0 Å². The predicted octanol–water partition coefficient (Wildman–Crippen LogP) is 4.96. The second kappa shape index (κ2) is 10.1. The van der Waals surface area contributed by atoms with Gasteiger partial charge in [-0.3, -0.25) is 9.59 Å². The Balaban J connectivity index is 1.58. The smallest absolute Gasteiger partial charge is 0.253 e. The molecule has 154 valence electrons. The molecule has 1 atom stereocenters. The van der Waals surface area contributed by atoms with Gasteiger partial charge in [0.25, 0.3) is 5.91 Å². The Hall–Kier alpha value is -2.08. The fourth-order valence-corrected chi connectivity index (χ4v) is 4.10. The summed E-state index contributed by atoms with van der Waals surface area (Å²) in [7, 11) is 0. The van der Waals surface area contributed by atoms with Crippen LogP contribution in [0.4, 0.5) is 5.69 Å². The van der Waals surface area contributed by atoms with Gasteiger partial charge in [0.1, 0.15) is 0 Å². The summed E-state index contributed by atoms with van der Waals surface area (Å²) in [5.74, 6) is -0.384. The summed E-state index contributed by atoms with van der Waals surface area (Å²) >= 11 is 12.2. The number of nitrogens with one attached hydrogen (secondary N) is 3. The Morgan fingerprint density at radius 2 is 1.83 bits per heavy atom. The molecule has 3 rings (SSSR count). The van der Waals surface area contributed by atoms with Gasteiger partial charge < -0.3 is 16.0 Å². The molecule has 5 nitrogen and oxygen atoms in total. The minimum absolute atomic E-state index is 0.0820. The Morgan fingerprint density at radius 3 is 2.55 bits per heavy atom. The van der Waals surface area contributed by atoms with Crippen LogP contribution in [0.1, 0.15) is 54.6 Å². The van der Waals surface area contributed by atoms with E-state index in [1.165, 1.54) is 0 Å². The molecular weight excluding hydrogens is 409 g/mol. The van der Waals surface area contributed by atoms with Gasteiger partial charge in [0.05, 0.1) is 17.8 Å². The zero-order valence-corrected chi connectivity index (χ0v) is 17.8. The van der Waals surface area contributed by atoms with E-state index in [0.717, 1.165) is 31.2 Å². The van der Waals surface area contributed by atoms with E-state index in [1.807, 2.05) is 13.0 Å². The average molecular weight is 434 g/mol. The third kappa shape index (κ3) is 5.95. The average Bonchev–Trinajstić information content (AvgIpc) is 3.19. The highest BCUT2D eigenvalue weighted by Gasteiger charge is 2.20. The van der Waals surface area contributed by atoms with Crippen LogP contribution in [0.2, 0.25) is 10.0 Å². The Bertz CT molecular complexity index is 882. The summed E-state index contributed by atoms with van der Waals surface area (Å²) in [6, 6.07) is 12.4. The van der Waals surface area contributed by atoms with Gasteiger partial charge in [-0.05, 0) is 49.6 Å².